The van der Waals surface area contributed by atoms with Crippen LogP contribution in [-0.2, 0) is 16.1 Å². The first-order valence-corrected chi connectivity index (χ1v) is 6.90. The smallest absolute Gasteiger partial charge is 0.307 e. The van der Waals surface area contributed by atoms with Crippen LogP contribution >= 0.6 is 0 Å². The molecule has 0 saturated carbocycles. The van der Waals surface area contributed by atoms with E-state index in [0.29, 0.717) is 25.1 Å². The minimum absolute atomic E-state index is 0.135. The number of hydrogen-bond acceptors (Lipinski definition) is 3. The number of benzene rings is 1. The number of likely N-dealkylation sites (tertiary alicyclic amines) is 1. The molecule has 5 nitrogen and oxygen atoms in total. The second-order valence-electron chi connectivity index (χ2n) is 5.40. The molecule has 21 heavy (non-hydrogen) atoms. The third-order valence-corrected chi connectivity index (χ3v) is 3.77. The zero-order valence-electron chi connectivity index (χ0n) is 12.0. The fraction of sp³-hybridized carbons (Fsp3) is 0.467. The maximum absolute atomic E-state index is 13.5. The van der Waals surface area contributed by atoms with E-state index in [0.717, 1.165) is 0 Å². The van der Waals surface area contributed by atoms with Crippen molar-refractivity contribution < 1.29 is 19.1 Å². The molecule has 1 atom stereocenters. The van der Waals surface area contributed by atoms with Crippen molar-refractivity contribution in [2.75, 3.05) is 26.7 Å². The molecule has 0 aliphatic carbocycles. The number of aliphatic carboxylic acids is 1. The Morgan fingerprint density at radius 3 is 2.76 bits per heavy atom. The molecule has 1 aliphatic heterocycles. The molecule has 1 aromatic carbocycles. The molecule has 1 saturated heterocycles. The van der Waals surface area contributed by atoms with Crippen LogP contribution < -0.4 is 0 Å². The minimum Gasteiger partial charge on any atom is -0.481 e. The Hall–Kier alpha value is -1.95. The van der Waals surface area contributed by atoms with Gasteiger partial charge in [-0.05, 0) is 19.0 Å². The molecule has 0 radical (unpaired) electrons. The van der Waals surface area contributed by atoms with E-state index in [2.05, 4.69) is 0 Å². The average molecular weight is 294 g/mol. The van der Waals surface area contributed by atoms with E-state index in [4.69, 9.17) is 5.11 Å². The van der Waals surface area contributed by atoms with Gasteiger partial charge < -0.3 is 10.0 Å². The molecule has 114 valence electrons. The molecule has 1 heterocycles. The molecule has 1 N–H and O–H groups in total. The standard InChI is InChI=1S/C15H19FN2O3/c1-17(8-11-4-2-3-5-13(11)16)14(19)10-18-7-6-12(9-18)15(20)21/h2-5,12H,6-10H2,1H3,(H,20,21). The third-order valence-electron chi connectivity index (χ3n) is 3.77. The van der Waals surface area contributed by atoms with Crippen molar-refractivity contribution >= 4 is 11.9 Å². The first kappa shape index (κ1) is 15.4. The Kier molecular flexibility index (Phi) is 4.90. The zero-order valence-corrected chi connectivity index (χ0v) is 12.0. The van der Waals surface area contributed by atoms with Crippen molar-refractivity contribution in [2.45, 2.75) is 13.0 Å². The number of carbonyl (C=O) groups excluding carboxylic acids is 1. The molecule has 0 spiro atoms. The van der Waals surface area contributed by atoms with Gasteiger partial charge >= 0.3 is 5.97 Å². The lowest BCUT2D eigenvalue weighted by Gasteiger charge is -2.21. The average Bonchev–Trinajstić information content (AvgIpc) is 2.90. The van der Waals surface area contributed by atoms with Crippen LogP contribution in [0.3, 0.4) is 0 Å². The van der Waals surface area contributed by atoms with Gasteiger partial charge in [-0.15, -0.1) is 0 Å². The van der Waals surface area contributed by atoms with E-state index in [-0.39, 0.29) is 24.8 Å². The van der Waals surface area contributed by atoms with Crippen LogP contribution in [0.15, 0.2) is 24.3 Å². The fourth-order valence-electron chi connectivity index (χ4n) is 2.46. The van der Waals surface area contributed by atoms with E-state index in [9.17, 15) is 14.0 Å². The number of amides is 1. The highest BCUT2D eigenvalue weighted by molar-refractivity contribution is 5.78. The largest absolute Gasteiger partial charge is 0.481 e. The molecule has 1 unspecified atom stereocenters. The Morgan fingerprint density at radius 2 is 2.14 bits per heavy atom. The number of likely N-dealkylation sites (N-methyl/N-ethyl adjacent to an activating group) is 1. The summed E-state index contributed by atoms with van der Waals surface area (Å²) in [7, 11) is 1.62. The summed E-state index contributed by atoms with van der Waals surface area (Å²) in [5, 5.41) is 8.94. The van der Waals surface area contributed by atoms with Gasteiger partial charge in [0.1, 0.15) is 5.82 Å². The number of nitrogens with zero attached hydrogens (tertiary/aromatic N) is 2. The molecule has 6 heteroatoms. The first-order chi connectivity index (χ1) is 9.97. The predicted molar refractivity (Wildman–Crippen MR) is 75.1 cm³/mol. The van der Waals surface area contributed by atoms with Crippen molar-refractivity contribution in [1.82, 2.24) is 9.80 Å². The van der Waals surface area contributed by atoms with Gasteiger partial charge in [0.15, 0.2) is 0 Å². The van der Waals surface area contributed by atoms with Gasteiger partial charge in [-0.3, -0.25) is 14.5 Å². The molecule has 1 aromatic rings. The zero-order chi connectivity index (χ0) is 15.4. The van der Waals surface area contributed by atoms with Crippen LogP contribution in [0.2, 0.25) is 0 Å². The highest BCUT2D eigenvalue weighted by atomic mass is 19.1. The van der Waals surface area contributed by atoms with Gasteiger partial charge in [0.05, 0.1) is 12.5 Å². The summed E-state index contributed by atoms with van der Waals surface area (Å²) >= 11 is 0. The maximum Gasteiger partial charge on any atom is 0.307 e. The van der Waals surface area contributed by atoms with Gasteiger partial charge in [0.2, 0.25) is 5.91 Å². The topological polar surface area (TPSA) is 60.9 Å². The Morgan fingerprint density at radius 1 is 1.43 bits per heavy atom. The number of rotatable bonds is 5. The normalized spacial score (nSPS) is 18.7. The monoisotopic (exact) mass is 294 g/mol. The van der Waals surface area contributed by atoms with Crippen LogP contribution in [-0.4, -0.2) is 53.5 Å². The van der Waals surface area contributed by atoms with Crippen LogP contribution in [0.5, 0.6) is 0 Å². The summed E-state index contributed by atoms with van der Waals surface area (Å²) in [5.41, 5.74) is 0.471. The summed E-state index contributed by atoms with van der Waals surface area (Å²) in [5.74, 6) is -1.67. The summed E-state index contributed by atoms with van der Waals surface area (Å²) in [6, 6.07) is 6.35. The number of halogens is 1. The van der Waals surface area contributed by atoms with Crippen molar-refractivity contribution in [3.63, 3.8) is 0 Å². The molecule has 1 fully saturated rings. The number of carbonyl (C=O) groups is 2. The van der Waals surface area contributed by atoms with E-state index < -0.39 is 11.9 Å². The highest BCUT2D eigenvalue weighted by Crippen LogP contribution is 2.16. The highest BCUT2D eigenvalue weighted by Gasteiger charge is 2.29. The lowest BCUT2D eigenvalue weighted by Crippen LogP contribution is -2.37. The summed E-state index contributed by atoms with van der Waals surface area (Å²) in [4.78, 5) is 26.3. The fourth-order valence-corrected chi connectivity index (χ4v) is 2.46. The van der Waals surface area contributed by atoms with Gasteiger partial charge in [-0.2, -0.15) is 0 Å². The van der Waals surface area contributed by atoms with Crippen molar-refractivity contribution in [3.05, 3.63) is 35.6 Å². The quantitative estimate of drug-likeness (QED) is 0.886. The van der Waals surface area contributed by atoms with Gasteiger partial charge in [-0.1, -0.05) is 18.2 Å². The van der Waals surface area contributed by atoms with Crippen LogP contribution in [0.25, 0.3) is 0 Å². The lowest BCUT2D eigenvalue weighted by atomic mass is 10.1. The maximum atomic E-state index is 13.5. The van der Waals surface area contributed by atoms with Crippen LogP contribution in [0.1, 0.15) is 12.0 Å². The molecular weight excluding hydrogens is 275 g/mol. The summed E-state index contributed by atoms with van der Waals surface area (Å²) in [6.07, 6.45) is 0.569. The SMILES string of the molecule is CN(Cc1ccccc1F)C(=O)CN1CCC(C(=O)O)C1. The summed E-state index contributed by atoms with van der Waals surface area (Å²) in [6.45, 7) is 1.39. The second kappa shape index (κ2) is 6.67. The summed E-state index contributed by atoms with van der Waals surface area (Å²) < 4.78 is 13.5. The molecule has 0 bridgehead atoms. The number of carboxylic acid groups (broad SMARTS) is 1. The number of hydrogen-bond donors (Lipinski definition) is 1. The van der Waals surface area contributed by atoms with Gasteiger partial charge in [0.25, 0.3) is 0 Å². The molecule has 1 amide bonds. The van der Waals surface area contributed by atoms with Gasteiger partial charge in [0, 0.05) is 25.7 Å². The Labute approximate surface area is 123 Å². The lowest BCUT2D eigenvalue weighted by molar-refractivity contribution is -0.141. The second-order valence-corrected chi connectivity index (χ2v) is 5.40. The van der Waals surface area contributed by atoms with Crippen molar-refractivity contribution in [3.8, 4) is 0 Å². The van der Waals surface area contributed by atoms with Crippen molar-refractivity contribution in [2.24, 2.45) is 5.92 Å². The molecule has 0 aromatic heterocycles. The van der Waals surface area contributed by atoms with E-state index in [1.807, 2.05) is 4.90 Å². The molecular formula is C15H19FN2O3. The minimum atomic E-state index is -0.815. The third kappa shape index (κ3) is 4.01. The van der Waals surface area contributed by atoms with Crippen LogP contribution in [0.4, 0.5) is 4.39 Å². The Balaban J connectivity index is 1.86. The Bertz CT molecular complexity index is 535. The number of carboxylic acids is 1. The van der Waals surface area contributed by atoms with Gasteiger partial charge in [-0.25, -0.2) is 4.39 Å². The first-order valence-electron chi connectivity index (χ1n) is 6.90. The van der Waals surface area contributed by atoms with Crippen LogP contribution in [0, 0.1) is 11.7 Å². The van der Waals surface area contributed by atoms with E-state index in [1.54, 1.807) is 25.2 Å². The van der Waals surface area contributed by atoms with E-state index in [1.165, 1.54) is 11.0 Å². The predicted octanol–water partition coefficient (Wildman–Crippen LogP) is 1.19. The molecule has 1 aliphatic rings. The van der Waals surface area contributed by atoms with E-state index >= 15 is 0 Å². The molecule has 2 rings (SSSR count). The van der Waals surface area contributed by atoms with Crippen molar-refractivity contribution in [1.29, 1.82) is 0 Å².